The minimum atomic E-state index is -0.313. The lowest BCUT2D eigenvalue weighted by Gasteiger charge is -2.24. The van der Waals surface area contributed by atoms with Gasteiger partial charge in [-0.25, -0.2) is 5.10 Å². The fraction of sp³-hybridized carbons (Fsp3) is 0.583. The van der Waals surface area contributed by atoms with Gasteiger partial charge < -0.3 is 5.32 Å². The Labute approximate surface area is 110 Å². The van der Waals surface area contributed by atoms with Crippen LogP contribution in [0.25, 0.3) is 0 Å². The van der Waals surface area contributed by atoms with Crippen LogP contribution in [0.1, 0.15) is 36.2 Å². The molecule has 1 heterocycles. The Balaban J connectivity index is 1.81. The Morgan fingerprint density at radius 3 is 2.72 bits per heavy atom. The van der Waals surface area contributed by atoms with Crippen LogP contribution in [0.2, 0.25) is 0 Å². The van der Waals surface area contributed by atoms with Gasteiger partial charge in [0.15, 0.2) is 0 Å². The van der Waals surface area contributed by atoms with E-state index in [2.05, 4.69) is 15.5 Å². The summed E-state index contributed by atoms with van der Waals surface area (Å²) in [5.74, 6) is 0.242. The van der Waals surface area contributed by atoms with Crippen molar-refractivity contribution < 1.29 is 4.79 Å². The molecule has 18 heavy (non-hydrogen) atoms. The van der Waals surface area contributed by atoms with Crippen LogP contribution in [-0.4, -0.2) is 28.0 Å². The molecule has 0 spiro atoms. The molecule has 0 aliphatic heterocycles. The summed E-state index contributed by atoms with van der Waals surface area (Å²) in [5.41, 5.74) is -0.0763. The lowest BCUT2D eigenvalue weighted by Crippen LogP contribution is -2.32. The van der Waals surface area contributed by atoms with E-state index in [9.17, 15) is 9.59 Å². The van der Waals surface area contributed by atoms with E-state index in [0.29, 0.717) is 12.5 Å². The summed E-state index contributed by atoms with van der Waals surface area (Å²) in [6, 6.07) is 2.71. The third-order valence-corrected chi connectivity index (χ3v) is 3.68. The van der Waals surface area contributed by atoms with Crippen molar-refractivity contribution in [3.63, 3.8) is 0 Å². The minimum Gasteiger partial charge on any atom is -0.350 e. The smallest absolute Gasteiger partial charge is 0.271 e. The number of halogens is 1. The highest BCUT2D eigenvalue weighted by molar-refractivity contribution is 6.20. The number of nitrogens with one attached hydrogen (secondary N) is 2. The molecule has 1 aliphatic rings. The number of carbonyl (C=O) groups excluding carboxylic acids is 1. The fourth-order valence-electron chi connectivity index (χ4n) is 2.12. The maximum Gasteiger partial charge on any atom is 0.271 e. The first kappa shape index (κ1) is 13.1. The summed E-state index contributed by atoms with van der Waals surface area (Å²) in [7, 11) is 0. The number of hydrogen-bond acceptors (Lipinski definition) is 3. The third kappa shape index (κ3) is 3.57. The van der Waals surface area contributed by atoms with E-state index in [1.54, 1.807) is 0 Å². The van der Waals surface area contributed by atoms with Crippen molar-refractivity contribution in [3.05, 3.63) is 28.2 Å². The number of amides is 1. The van der Waals surface area contributed by atoms with Crippen LogP contribution in [0, 0.1) is 5.92 Å². The molecule has 1 amide bonds. The minimum absolute atomic E-state index is 0.237. The highest BCUT2D eigenvalue weighted by Gasteiger charge is 2.20. The molecule has 98 valence electrons. The van der Waals surface area contributed by atoms with Crippen LogP contribution >= 0.6 is 11.6 Å². The summed E-state index contributed by atoms with van der Waals surface area (Å²) in [6.45, 7) is 0.642. The molecule has 0 bridgehead atoms. The van der Waals surface area contributed by atoms with Crippen molar-refractivity contribution in [2.75, 3.05) is 6.54 Å². The second-order valence-corrected chi connectivity index (χ2v) is 5.25. The molecule has 0 atom stereocenters. The highest BCUT2D eigenvalue weighted by Crippen LogP contribution is 2.26. The Morgan fingerprint density at radius 1 is 1.39 bits per heavy atom. The molecule has 2 N–H and O–H groups in total. The van der Waals surface area contributed by atoms with Gasteiger partial charge in [-0.2, -0.15) is 5.10 Å². The molecule has 0 saturated heterocycles. The quantitative estimate of drug-likeness (QED) is 0.812. The van der Waals surface area contributed by atoms with Crippen molar-refractivity contribution in [2.45, 2.75) is 31.1 Å². The van der Waals surface area contributed by atoms with Crippen molar-refractivity contribution in [1.29, 1.82) is 0 Å². The van der Waals surface area contributed by atoms with Crippen molar-refractivity contribution >= 4 is 17.5 Å². The standard InChI is InChI=1S/C12H16ClN3O2/c13-9-3-1-8(2-4-9)7-14-12(18)10-5-6-11(17)16-15-10/h5-6,8-9H,1-4,7H2,(H,14,18)(H,16,17). The zero-order valence-electron chi connectivity index (χ0n) is 9.99. The average molecular weight is 270 g/mol. The van der Waals surface area contributed by atoms with Crippen LogP contribution in [0.3, 0.4) is 0 Å². The average Bonchev–Trinajstić information content (AvgIpc) is 2.38. The molecule has 1 saturated carbocycles. The molecule has 0 radical (unpaired) electrons. The molecular formula is C12H16ClN3O2. The van der Waals surface area contributed by atoms with Gasteiger partial charge in [-0.05, 0) is 37.7 Å². The maximum absolute atomic E-state index is 11.7. The van der Waals surface area contributed by atoms with E-state index in [1.807, 2.05) is 0 Å². The van der Waals surface area contributed by atoms with Crippen LogP contribution in [-0.2, 0) is 0 Å². The first-order chi connectivity index (χ1) is 8.65. The lowest BCUT2D eigenvalue weighted by molar-refractivity contribution is 0.0937. The van der Waals surface area contributed by atoms with Gasteiger partial charge in [0.05, 0.1) is 0 Å². The van der Waals surface area contributed by atoms with Gasteiger partial charge in [0.1, 0.15) is 5.69 Å². The van der Waals surface area contributed by atoms with E-state index in [1.165, 1.54) is 12.1 Å². The molecule has 1 aliphatic carbocycles. The molecule has 6 heteroatoms. The maximum atomic E-state index is 11.7. The molecule has 0 unspecified atom stereocenters. The van der Waals surface area contributed by atoms with E-state index >= 15 is 0 Å². The Hall–Kier alpha value is -1.36. The van der Waals surface area contributed by atoms with Crippen LogP contribution in [0.15, 0.2) is 16.9 Å². The summed E-state index contributed by atoms with van der Waals surface area (Å²) >= 11 is 6.02. The number of rotatable bonds is 3. The topological polar surface area (TPSA) is 74.8 Å². The van der Waals surface area contributed by atoms with Gasteiger partial charge in [0.2, 0.25) is 0 Å². The van der Waals surface area contributed by atoms with Crippen molar-refractivity contribution in [3.8, 4) is 0 Å². The summed E-state index contributed by atoms with van der Waals surface area (Å²) in [6.07, 6.45) is 4.12. The first-order valence-corrected chi connectivity index (χ1v) is 6.57. The second-order valence-electron chi connectivity index (χ2n) is 4.63. The number of hydrogen-bond donors (Lipinski definition) is 2. The van der Waals surface area contributed by atoms with Crippen LogP contribution < -0.4 is 10.9 Å². The molecule has 2 rings (SSSR count). The van der Waals surface area contributed by atoms with E-state index < -0.39 is 0 Å². The summed E-state index contributed by atoms with van der Waals surface area (Å²) < 4.78 is 0. The fourth-order valence-corrected chi connectivity index (χ4v) is 2.38. The molecule has 1 fully saturated rings. The van der Waals surface area contributed by atoms with Crippen molar-refractivity contribution in [1.82, 2.24) is 15.5 Å². The lowest BCUT2D eigenvalue weighted by atomic mass is 9.89. The van der Waals surface area contributed by atoms with Gasteiger partial charge in [-0.15, -0.1) is 11.6 Å². The summed E-state index contributed by atoms with van der Waals surface area (Å²) in [5, 5.41) is 9.05. The molecule has 1 aromatic heterocycles. The number of aromatic nitrogens is 2. The van der Waals surface area contributed by atoms with Gasteiger partial charge in [-0.1, -0.05) is 0 Å². The Bertz CT molecular complexity index is 446. The Morgan fingerprint density at radius 2 is 2.11 bits per heavy atom. The van der Waals surface area contributed by atoms with Gasteiger partial charge in [-0.3, -0.25) is 9.59 Å². The molecule has 0 aromatic carbocycles. The normalized spacial score (nSPS) is 23.6. The predicted octanol–water partition coefficient (Wildman–Crippen LogP) is 1.30. The number of alkyl halides is 1. The number of aromatic amines is 1. The summed E-state index contributed by atoms with van der Waals surface area (Å²) in [4.78, 5) is 22.6. The zero-order valence-corrected chi connectivity index (χ0v) is 10.7. The van der Waals surface area contributed by atoms with Gasteiger partial charge in [0, 0.05) is 18.0 Å². The molecule has 5 nitrogen and oxygen atoms in total. The molecular weight excluding hydrogens is 254 g/mol. The van der Waals surface area contributed by atoms with E-state index in [4.69, 9.17) is 11.6 Å². The number of carbonyl (C=O) groups is 1. The number of nitrogens with zero attached hydrogens (tertiary/aromatic N) is 1. The van der Waals surface area contributed by atoms with Crippen LogP contribution in [0.5, 0.6) is 0 Å². The zero-order chi connectivity index (χ0) is 13.0. The highest BCUT2D eigenvalue weighted by atomic mass is 35.5. The first-order valence-electron chi connectivity index (χ1n) is 6.13. The van der Waals surface area contributed by atoms with Gasteiger partial charge >= 0.3 is 0 Å². The van der Waals surface area contributed by atoms with Crippen LogP contribution in [0.4, 0.5) is 0 Å². The van der Waals surface area contributed by atoms with E-state index in [-0.39, 0.29) is 22.5 Å². The third-order valence-electron chi connectivity index (χ3n) is 3.24. The van der Waals surface area contributed by atoms with Crippen molar-refractivity contribution in [2.24, 2.45) is 5.92 Å². The second kappa shape index (κ2) is 6.00. The predicted molar refractivity (Wildman–Crippen MR) is 68.8 cm³/mol. The number of H-pyrrole nitrogens is 1. The largest absolute Gasteiger partial charge is 0.350 e. The molecule has 1 aromatic rings. The Kier molecular flexibility index (Phi) is 4.36. The van der Waals surface area contributed by atoms with Gasteiger partial charge in [0.25, 0.3) is 11.5 Å². The van der Waals surface area contributed by atoms with E-state index in [0.717, 1.165) is 25.7 Å². The monoisotopic (exact) mass is 269 g/mol. The SMILES string of the molecule is O=C(NCC1CCC(Cl)CC1)c1ccc(=O)[nH]n1.